The molecule has 102 valence electrons. The molecule has 0 fully saturated rings. The smallest absolute Gasteiger partial charge is 0.142 e. The number of ether oxygens (including phenoxy) is 1. The summed E-state index contributed by atoms with van der Waals surface area (Å²) >= 11 is 0. The normalized spacial score (nSPS) is 10.7. The van der Waals surface area contributed by atoms with Gasteiger partial charge in [0, 0.05) is 31.9 Å². The number of aromatic nitrogens is 3. The molecule has 0 saturated carbocycles. The second-order valence-corrected chi connectivity index (χ2v) is 4.55. The van der Waals surface area contributed by atoms with E-state index in [4.69, 9.17) is 4.74 Å². The van der Waals surface area contributed by atoms with E-state index in [1.807, 2.05) is 45.5 Å². The Morgan fingerprint density at radius 2 is 2.21 bits per heavy atom. The van der Waals surface area contributed by atoms with Gasteiger partial charge in [0.2, 0.25) is 0 Å². The van der Waals surface area contributed by atoms with E-state index in [-0.39, 0.29) is 0 Å². The molecule has 5 nitrogen and oxygen atoms in total. The monoisotopic (exact) mass is 260 g/mol. The van der Waals surface area contributed by atoms with Gasteiger partial charge in [-0.25, -0.2) is 0 Å². The molecule has 5 heteroatoms. The van der Waals surface area contributed by atoms with E-state index >= 15 is 0 Å². The number of hydrogen-bond donors (Lipinski definition) is 1. The average molecular weight is 260 g/mol. The fraction of sp³-hybridized carbons (Fsp3) is 0.429. The van der Waals surface area contributed by atoms with Gasteiger partial charge in [0.1, 0.15) is 5.75 Å². The molecule has 0 aliphatic heterocycles. The molecule has 0 aliphatic rings. The van der Waals surface area contributed by atoms with E-state index < -0.39 is 0 Å². The van der Waals surface area contributed by atoms with Crippen LogP contribution in [0.4, 0.5) is 0 Å². The highest BCUT2D eigenvalue weighted by atomic mass is 16.5. The van der Waals surface area contributed by atoms with Crippen LogP contribution in [0.1, 0.15) is 17.0 Å². The zero-order valence-corrected chi connectivity index (χ0v) is 11.7. The number of pyridine rings is 1. The molecule has 2 aromatic heterocycles. The summed E-state index contributed by atoms with van der Waals surface area (Å²) in [4.78, 5) is 4.49. The van der Waals surface area contributed by atoms with Crippen molar-refractivity contribution in [3.05, 3.63) is 41.5 Å². The van der Waals surface area contributed by atoms with Gasteiger partial charge in [-0.2, -0.15) is 5.10 Å². The van der Waals surface area contributed by atoms with Gasteiger partial charge in [0.15, 0.2) is 0 Å². The fourth-order valence-corrected chi connectivity index (χ4v) is 1.90. The van der Waals surface area contributed by atoms with E-state index in [1.165, 1.54) is 5.56 Å². The van der Waals surface area contributed by atoms with Crippen molar-refractivity contribution < 1.29 is 4.74 Å². The summed E-state index contributed by atoms with van der Waals surface area (Å²) < 4.78 is 7.62. The number of nitrogens with zero attached hydrogens (tertiary/aromatic N) is 3. The molecule has 0 spiro atoms. The van der Waals surface area contributed by atoms with Gasteiger partial charge in [-0.3, -0.25) is 9.67 Å². The Balaban J connectivity index is 1.95. The van der Waals surface area contributed by atoms with Crippen molar-refractivity contribution in [1.82, 2.24) is 20.1 Å². The Labute approximate surface area is 113 Å². The van der Waals surface area contributed by atoms with Gasteiger partial charge in [0.25, 0.3) is 0 Å². The van der Waals surface area contributed by atoms with Crippen LogP contribution in [-0.4, -0.2) is 28.4 Å². The molecular formula is C14H20N4O. The minimum Gasteiger partial charge on any atom is -0.491 e. The van der Waals surface area contributed by atoms with E-state index in [0.29, 0.717) is 13.2 Å². The third-order valence-electron chi connectivity index (χ3n) is 2.82. The van der Waals surface area contributed by atoms with Crippen molar-refractivity contribution in [1.29, 1.82) is 0 Å². The van der Waals surface area contributed by atoms with E-state index in [1.54, 1.807) is 4.68 Å². The molecule has 0 aromatic carbocycles. The first kappa shape index (κ1) is 13.5. The first-order chi connectivity index (χ1) is 9.19. The summed E-state index contributed by atoms with van der Waals surface area (Å²) in [5, 5.41) is 7.25. The second kappa shape index (κ2) is 6.33. The van der Waals surface area contributed by atoms with Crippen molar-refractivity contribution in [3.8, 4) is 5.75 Å². The lowest BCUT2D eigenvalue weighted by molar-refractivity contribution is 0.316. The highest BCUT2D eigenvalue weighted by molar-refractivity contribution is 5.29. The number of rotatable bonds is 6. The van der Waals surface area contributed by atoms with Gasteiger partial charge < -0.3 is 10.1 Å². The van der Waals surface area contributed by atoms with E-state index in [0.717, 1.165) is 23.6 Å². The molecule has 2 rings (SSSR count). The summed E-state index contributed by atoms with van der Waals surface area (Å²) in [6, 6.07) is 3.96. The van der Waals surface area contributed by atoms with Crippen LogP contribution >= 0.6 is 0 Å². The van der Waals surface area contributed by atoms with Crippen LogP contribution in [0.25, 0.3) is 0 Å². The van der Waals surface area contributed by atoms with Crippen LogP contribution in [0.15, 0.2) is 24.5 Å². The van der Waals surface area contributed by atoms with Crippen LogP contribution in [0.5, 0.6) is 5.75 Å². The van der Waals surface area contributed by atoms with Crippen LogP contribution < -0.4 is 10.1 Å². The summed E-state index contributed by atoms with van der Waals surface area (Å²) in [6.07, 6.45) is 4.72. The Morgan fingerprint density at radius 1 is 1.37 bits per heavy atom. The zero-order valence-electron chi connectivity index (χ0n) is 11.7. The SMILES string of the molecule is CNCc1nc(C)ccc1OCCc1cnn(C)c1. The topological polar surface area (TPSA) is 52.0 Å². The van der Waals surface area contributed by atoms with Crippen molar-refractivity contribution in [2.45, 2.75) is 19.9 Å². The Morgan fingerprint density at radius 3 is 2.89 bits per heavy atom. The Kier molecular flexibility index (Phi) is 4.52. The van der Waals surface area contributed by atoms with Gasteiger partial charge in [0.05, 0.1) is 18.5 Å². The third-order valence-corrected chi connectivity index (χ3v) is 2.82. The Bertz CT molecular complexity index is 536. The largest absolute Gasteiger partial charge is 0.491 e. The highest BCUT2D eigenvalue weighted by Crippen LogP contribution is 2.17. The fourth-order valence-electron chi connectivity index (χ4n) is 1.90. The molecule has 0 bridgehead atoms. The molecule has 1 N–H and O–H groups in total. The minimum absolute atomic E-state index is 0.632. The number of nitrogens with one attached hydrogen (secondary N) is 1. The summed E-state index contributed by atoms with van der Waals surface area (Å²) in [5.41, 5.74) is 3.14. The standard InChI is InChI=1S/C14H20N4O/c1-11-4-5-14(13(17-11)9-15-2)19-7-6-12-8-16-18(3)10-12/h4-5,8,10,15H,6-7,9H2,1-3H3. The average Bonchev–Trinajstić information content (AvgIpc) is 2.78. The molecule has 2 aromatic rings. The lowest BCUT2D eigenvalue weighted by Crippen LogP contribution is -2.11. The van der Waals surface area contributed by atoms with Crippen molar-refractivity contribution in [2.75, 3.05) is 13.7 Å². The summed E-state index contributed by atoms with van der Waals surface area (Å²) in [6.45, 7) is 3.33. The van der Waals surface area contributed by atoms with Crippen LogP contribution in [-0.2, 0) is 20.0 Å². The van der Waals surface area contributed by atoms with Crippen molar-refractivity contribution >= 4 is 0 Å². The molecule has 0 aliphatic carbocycles. The number of hydrogen-bond acceptors (Lipinski definition) is 4. The van der Waals surface area contributed by atoms with Gasteiger partial charge in [-0.05, 0) is 31.7 Å². The van der Waals surface area contributed by atoms with Gasteiger partial charge in [-0.15, -0.1) is 0 Å². The van der Waals surface area contributed by atoms with Crippen LogP contribution in [0.3, 0.4) is 0 Å². The number of aryl methyl sites for hydroxylation is 2. The van der Waals surface area contributed by atoms with Gasteiger partial charge >= 0.3 is 0 Å². The zero-order chi connectivity index (χ0) is 13.7. The molecule has 2 heterocycles. The first-order valence-electron chi connectivity index (χ1n) is 6.40. The Hall–Kier alpha value is -1.88. The lowest BCUT2D eigenvalue weighted by Gasteiger charge is -2.10. The molecular weight excluding hydrogens is 240 g/mol. The first-order valence-corrected chi connectivity index (χ1v) is 6.40. The van der Waals surface area contributed by atoms with Crippen molar-refractivity contribution in [3.63, 3.8) is 0 Å². The highest BCUT2D eigenvalue weighted by Gasteiger charge is 2.05. The maximum Gasteiger partial charge on any atom is 0.142 e. The van der Waals surface area contributed by atoms with E-state index in [2.05, 4.69) is 15.4 Å². The molecule has 0 atom stereocenters. The molecule has 19 heavy (non-hydrogen) atoms. The minimum atomic E-state index is 0.632. The molecule has 0 saturated heterocycles. The van der Waals surface area contributed by atoms with Gasteiger partial charge in [-0.1, -0.05) is 0 Å². The predicted octanol–water partition coefficient (Wildman–Crippen LogP) is 1.46. The van der Waals surface area contributed by atoms with Crippen LogP contribution in [0, 0.1) is 6.92 Å². The second-order valence-electron chi connectivity index (χ2n) is 4.55. The maximum absolute atomic E-state index is 5.82. The quantitative estimate of drug-likeness (QED) is 0.854. The lowest BCUT2D eigenvalue weighted by atomic mass is 10.2. The summed E-state index contributed by atoms with van der Waals surface area (Å²) in [5.74, 6) is 0.851. The summed E-state index contributed by atoms with van der Waals surface area (Å²) in [7, 11) is 3.82. The molecule has 0 unspecified atom stereocenters. The third kappa shape index (κ3) is 3.79. The molecule has 0 amide bonds. The maximum atomic E-state index is 5.82. The van der Waals surface area contributed by atoms with E-state index in [9.17, 15) is 0 Å². The van der Waals surface area contributed by atoms with Crippen LogP contribution in [0.2, 0.25) is 0 Å². The predicted molar refractivity (Wildman–Crippen MR) is 74.1 cm³/mol. The molecule has 0 radical (unpaired) electrons. The van der Waals surface area contributed by atoms with Crippen molar-refractivity contribution in [2.24, 2.45) is 7.05 Å².